The van der Waals surface area contributed by atoms with Crippen LogP contribution in [0.25, 0.3) is 0 Å². The largest absolute Gasteiger partial charge is 0.413 e. The van der Waals surface area contributed by atoms with Crippen LogP contribution in [0, 0.1) is 6.92 Å². The summed E-state index contributed by atoms with van der Waals surface area (Å²) in [6.45, 7) is 26.5. The summed E-state index contributed by atoms with van der Waals surface area (Å²) in [5.41, 5.74) is 3.86. The minimum absolute atomic E-state index is 0.248. The van der Waals surface area contributed by atoms with Gasteiger partial charge in [0.15, 0.2) is 16.6 Å². The monoisotopic (exact) mass is 380 g/mol. The third-order valence-corrected chi connectivity index (χ3v) is 15.2. The Morgan fingerprint density at radius 3 is 1.60 bits per heavy atom. The molecule has 0 amide bonds. The molecule has 4 heteroatoms. The molecule has 2 nitrogen and oxygen atoms in total. The highest BCUT2D eigenvalue weighted by molar-refractivity contribution is 6.74. The first-order valence-electron chi connectivity index (χ1n) is 9.43. The van der Waals surface area contributed by atoms with Gasteiger partial charge >= 0.3 is 0 Å². The van der Waals surface area contributed by atoms with Crippen molar-refractivity contribution in [1.29, 1.82) is 0 Å². The van der Waals surface area contributed by atoms with E-state index in [1.165, 1.54) is 16.7 Å². The van der Waals surface area contributed by atoms with Gasteiger partial charge in [-0.05, 0) is 59.9 Å². The van der Waals surface area contributed by atoms with Crippen molar-refractivity contribution in [1.82, 2.24) is 0 Å². The van der Waals surface area contributed by atoms with Gasteiger partial charge in [-0.2, -0.15) is 0 Å². The second kappa shape index (κ2) is 7.67. The molecule has 0 spiro atoms. The van der Waals surface area contributed by atoms with E-state index in [9.17, 15) is 0 Å². The molecular weight excluding hydrogens is 340 g/mol. The summed E-state index contributed by atoms with van der Waals surface area (Å²) in [4.78, 5) is 0. The number of hydrogen-bond acceptors (Lipinski definition) is 2. The summed E-state index contributed by atoms with van der Waals surface area (Å²) >= 11 is 0. The molecule has 1 aromatic rings. The molecular formula is C21H40O2Si2. The molecule has 0 aliphatic rings. The maximum absolute atomic E-state index is 6.37. The van der Waals surface area contributed by atoms with Gasteiger partial charge in [0.05, 0.1) is 13.2 Å². The third-order valence-electron chi connectivity index (χ3n) is 6.21. The third kappa shape index (κ3) is 6.05. The minimum Gasteiger partial charge on any atom is -0.413 e. The Labute approximate surface area is 158 Å². The number of hydrogen-bond donors (Lipinski definition) is 0. The van der Waals surface area contributed by atoms with Crippen molar-refractivity contribution in [3.63, 3.8) is 0 Å². The predicted octanol–water partition coefficient (Wildman–Crippen LogP) is 7.04. The molecule has 0 fully saturated rings. The van der Waals surface area contributed by atoms with E-state index in [2.05, 4.69) is 92.9 Å². The Balaban J connectivity index is 2.75. The second-order valence-corrected chi connectivity index (χ2v) is 20.0. The van der Waals surface area contributed by atoms with Gasteiger partial charge in [0.2, 0.25) is 0 Å². The lowest BCUT2D eigenvalue weighted by Gasteiger charge is -2.36. The first-order chi connectivity index (χ1) is 11.1. The quantitative estimate of drug-likeness (QED) is 0.493. The standard InChI is InChI=1S/C21H40O2Si2/c1-17-14-18(15-22-24(8,9)20(2,3)4)12-13-19(17)16-23-25(10,11)21(5,6)7/h12-14H,15-16H2,1-11H3. The average Bonchev–Trinajstić information content (AvgIpc) is 2.41. The van der Waals surface area contributed by atoms with Crippen LogP contribution in [0.5, 0.6) is 0 Å². The van der Waals surface area contributed by atoms with Gasteiger partial charge in [-0.3, -0.25) is 0 Å². The Kier molecular flexibility index (Phi) is 6.94. The highest BCUT2D eigenvalue weighted by atomic mass is 28.4. The molecule has 25 heavy (non-hydrogen) atoms. The van der Waals surface area contributed by atoms with Crippen LogP contribution in [-0.2, 0) is 22.1 Å². The molecule has 0 radical (unpaired) electrons. The molecule has 0 unspecified atom stereocenters. The maximum Gasteiger partial charge on any atom is 0.192 e. The van der Waals surface area contributed by atoms with Crippen molar-refractivity contribution in [3.05, 3.63) is 34.9 Å². The summed E-state index contributed by atoms with van der Waals surface area (Å²) in [5, 5.41) is 0.497. The van der Waals surface area contributed by atoms with E-state index in [4.69, 9.17) is 8.85 Å². The molecule has 0 heterocycles. The molecule has 1 aromatic carbocycles. The average molecular weight is 381 g/mol. The lowest BCUT2D eigenvalue weighted by atomic mass is 10.1. The van der Waals surface area contributed by atoms with E-state index in [1.54, 1.807) is 0 Å². The Morgan fingerprint density at radius 2 is 1.20 bits per heavy atom. The fourth-order valence-corrected chi connectivity index (χ4v) is 3.87. The summed E-state index contributed by atoms with van der Waals surface area (Å²) in [6.07, 6.45) is 0. The van der Waals surface area contributed by atoms with Crippen molar-refractivity contribution in [2.75, 3.05) is 0 Å². The van der Waals surface area contributed by atoms with Crippen LogP contribution in [0.4, 0.5) is 0 Å². The highest BCUT2D eigenvalue weighted by Crippen LogP contribution is 2.38. The SMILES string of the molecule is Cc1cc(CO[Si](C)(C)C(C)(C)C)ccc1CO[Si](C)(C)C(C)(C)C. The van der Waals surface area contributed by atoms with Gasteiger partial charge in [0, 0.05) is 0 Å². The number of aryl methyl sites for hydroxylation is 1. The lowest BCUT2D eigenvalue weighted by Crippen LogP contribution is -2.40. The van der Waals surface area contributed by atoms with E-state index in [0.29, 0.717) is 13.2 Å². The molecule has 0 aromatic heterocycles. The maximum atomic E-state index is 6.37. The van der Waals surface area contributed by atoms with Crippen LogP contribution in [0.2, 0.25) is 36.3 Å². The van der Waals surface area contributed by atoms with Crippen molar-refractivity contribution < 1.29 is 8.85 Å². The molecule has 0 saturated carbocycles. The summed E-state index contributed by atoms with van der Waals surface area (Å²) in [7, 11) is -3.40. The van der Waals surface area contributed by atoms with Crippen LogP contribution in [0.15, 0.2) is 18.2 Å². The Morgan fingerprint density at radius 1 is 0.760 bits per heavy atom. The first kappa shape index (κ1) is 22.6. The summed E-state index contributed by atoms with van der Waals surface area (Å²) in [6, 6.07) is 6.68. The van der Waals surface area contributed by atoms with Gasteiger partial charge in [-0.1, -0.05) is 59.7 Å². The van der Waals surface area contributed by atoms with E-state index in [0.717, 1.165) is 0 Å². The predicted molar refractivity (Wildman–Crippen MR) is 115 cm³/mol. The van der Waals surface area contributed by atoms with Crippen LogP contribution < -0.4 is 0 Å². The Bertz CT molecular complexity index is 579. The second-order valence-electron chi connectivity index (χ2n) is 10.4. The van der Waals surface area contributed by atoms with Crippen molar-refractivity contribution >= 4 is 16.6 Å². The fourth-order valence-electron chi connectivity index (χ4n) is 1.96. The van der Waals surface area contributed by atoms with Crippen LogP contribution >= 0.6 is 0 Å². The van der Waals surface area contributed by atoms with Crippen LogP contribution in [0.1, 0.15) is 58.2 Å². The van der Waals surface area contributed by atoms with Crippen molar-refractivity contribution in [3.8, 4) is 0 Å². The summed E-state index contributed by atoms with van der Waals surface area (Å²) in [5.74, 6) is 0. The Hall–Kier alpha value is -0.426. The molecule has 0 aliphatic heterocycles. The smallest absolute Gasteiger partial charge is 0.192 e. The van der Waals surface area contributed by atoms with Crippen molar-refractivity contribution in [2.24, 2.45) is 0 Å². The van der Waals surface area contributed by atoms with E-state index < -0.39 is 16.6 Å². The molecule has 144 valence electrons. The zero-order valence-corrected chi connectivity index (χ0v) is 20.5. The topological polar surface area (TPSA) is 18.5 Å². The molecule has 0 N–H and O–H groups in total. The molecule has 0 saturated heterocycles. The van der Waals surface area contributed by atoms with Gasteiger partial charge in [0.1, 0.15) is 0 Å². The number of rotatable bonds is 6. The molecule has 0 atom stereocenters. The molecule has 0 aliphatic carbocycles. The molecule has 0 bridgehead atoms. The van der Waals surface area contributed by atoms with E-state index >= 15 is 0 Å². The summed E-state index contributed by atoms with van der Waals surface area (Å²) < 4.78 is 12.7. The van der Waals surface area contributed by atoms with Crippen LogP contribution in [0.3, 0.4) is 0 Å². The minimum atomic E-state index is -1.70. The lowest BCUT2D eigenvalue weighted by molar-refractivity contribution is 0.272. The van der Waals surface area contributed by atoms with Gasteiger partial charge in [-0.25, -0.2) is 0 Å². The van der Waals surface area contributed by atoms with E-state index in [-0.39, 0.29) is 10.1 Å². The fraction of sp³-hybridized carbons (Fsp3) is 0.714. The zero-order valence-electron chi connectivity index (χ0n) is 18.5. The first-order valence-corrected chi connectivity index (χ1v) is 15.2. The van der Waals surface area contributed by atoms with E-state index in [1.807, 2.05) is 0 Å². The van der Waals surface area contributed by atoms with Crippen molar-refractivity contribution in [2.45, 2.75) is 97.9 Å². The highest BCUT2D eigenvalue weighted by Gasteiger charge is 2.38. The van der Waals surface area contributed by atoms with Crippen LogP contribution in [-0.4, -0.2) is 16.6 Å². The van der Waals surface area contributed by atoms with Gasteiger partial charge in [0.25, 0.3) is 0 Å². The number of benzene rings is 1. The van der Waals surface area contributed by atoms with Gasteiger partial charge in [-0.15, -0.1) is 0 Å². The normalized spacial score (nSPS) is 14.0. The molecule has 1 rings (SSSR count). The van der Waals surface area contributed by atoms with Gasteiger partial charge < -0.3 is 8.85 Å². The zero-order chi connectivity index (χ0) is 19.7.